The molecular formula is C17H8BrN3O. The summed E-state index contributed by atoms with van der Waals surface area (Å²) < 4.78 is 0.752. The first-order valence-electron chi connectivity index (χ1n) is 6.40. The van der Waals surface area contributed by atoms with E-state index in [0.717, 1.165) is 15.6 Å². The molecule has 1 aliphatic rings. The Bertz CT molecular complexity index is 900. The fourth-order valence-electron chi connectivity index (χ4n) is 2.40. The number of hydrogen-bond donors (Lipinski definition) is 1. The number of fused-ring (bicyclic) bond motifs is 3. The molecule has 104 valence electrons. The second kappa shape index (κ2) is 5.48. The Hall–Kier alpha value is -2.89. The van der Waals surface area contributed by atoms with Crippen molar-refractivity contribution in [3.63, 3.8) is 0 Å². The summed E-state index contributed by atoms with van der Waals surface area (Å²) in [6, 6.07) is 14.6. The van der Waals surface area contributed by atoms with Crippen molar-refractivity contribution in [1.29, 1.82) is 10.5 Å². The summed E-state index contributed by atoms with van der Waals surface area (Å²) >= 11 is 3.45. The zero-order valence-electron chi connectivity index (χ0n) is 11.2. The van der Waals surface area contributed by atoms with Crippen LogP contribution >= 0.6 is 15.9 Å². The number of nitrogens with zero attached hydrogens (tertiary/aromatic N) is 2. The molecule has 4 nitrogen and oxygen atoms in total. The molecule has 0 fully saturated rings. The van der Waals surface area contributed by atoms with Crippen LogP contribution in [0, 0.1) is 22.7 Å². The van der Waals surface area contributed by atoms with Gasteiger partial charge in [-0.2, -0.15) is 10.5 Å². The van der Waals surface area contributed by atoms with E-state index in [1.165, 1.54) is 6.20 Å². The number of nitrogens with one attached hydrogen (secondary N) is 1. The van der Waals surface area contributed by atoms with Crippen LogP contribution in [-0.4, -0.2) is 5.78 Å². The van der Waals surface area contributed by atoms with Crippen LogP contribution in [0.15, 0.2) is 52.6 Å². The fourth-order valence-corrected chi connectivity index (χ4v) is 2.85. The largest absolute Gasteiger partial charge is 0.359 e. The quantitative estimate of drug-likeness (QED) is 0.709. The summed E-state index contributed by atoms with van der Waals surface area (Å²) in [5.74, 6) is -0.0223. The van der Waals surface area contributed by atoms with Crippen LogP contribution in [0.5, 0.6) is 0 Å². The minimum Gasteiger partial charge on any atom is -0.359 e. The first-order chi connectivity index (χ1) is 10.7. The molecule has 5 heteroatoms. The van der Waals surface area contributed by atoms with Gasteiger partial charge in [0.25, 0.3) is 0 Å². The predicted molar refractivity (Wildman–Crippen MR) is 85.9 cm³/mol. The van der Waals surface area contributed by atoms with E-state index in [9.17, 15) is 4.79 Å². The summed E-state index contributed by atoms with van der Waals surface area (Å²) in [7, 11) is 0. The maximum Gasteiger partial charge on any atom is 0.194 e. The summed E-state index contributed by atoms with van der Waals surface area (Å²) in [6.45, 7) is 0. The lowest BCUT2D eigenvalue weighted by atomic mass is 10.1. The van der Waals surface area contributed by atoms with Gasteiger partial charge < -0.3 is 5.32 Å². The van der Waals surface area contributed by atoms with Crippen LogP contribution in [0.3, 0.4) is 0 Å². The van der Waals surface area contributed by atoms with E-state index in [0.29, 0.717) is 16.8 Å². The number of carbonyl (C=O) groups is 1. The van der Waals surface area contributed by atoms with E-state index >= 15 is 0 Å². The van der Waals surface area contributed by atoms with Gasteiger partial charge in [-0.05, 0) is 39.2 Å². The topological polar surface area (TPSA) is 76.7 Å². The average Bonchev–Trinajstić information content (AvgIpc) is 2.81. The van der Waals surface area contributed by atoms with Crippen LogP contribution in [0.4, 0.5) is 5.69 Å². The number of halogens is 1. The van der Waals surface area contributed by atoms with Gasteiger partial charge in [0.2, 0.25) is 0 Å². The monoisotopic (exact) mass is 349 g/mol. The second-order valence-corrected chi connectivity index (χ2v) is 5.53. The molecule has 1 N–H and O–H groups in total. The predicted octanol–water partition coefficient (Wildman–Crippen LogP) is 4.00. The highest BCUT2D eigenvalue weighted by Crippen LogP contribution is 2.40. The minimum absolute atomic E-state index is 0.0223. The van der Waals surface area contributed by atoms with Gasteiger partial charge in [-0.25, -0.2) is 0 Å². The van der Waals surface area contributed by atoms with E-state index in [1.807, 2.05) is 30.3 Å². The molecule has 0 spiro atoms. The Kier molecular flexibility index (Phi) is 3.50. The number of ketones is 1. The molecule has 22 heavy (non-hydrogen) atoms. The smallest absolute Gasteiger partial charge is 0.194 e. The molecule has 2 aromatic rings. The van der Waals surface area contributed by atoms with Crippen molar-refractivity contribution in [1.82, 2.24) is 0 Å². The molecule has 0 aromatic heterocycles. The number of nitriles is 2. The highest BCUT2D eigenvalue weighted by Gasteiger charge is 2.27. The van der Waals surface area contributed by atoms with Crippen LogP contribution in [0.25, 0.3) is 11.1 Å². The van der Waals surface area contributed by atoms with Crippen molar-refractivity contribution >= 4 is 27.4 Å². The molecular weight excluding hydrogens is 342 g/mol. The third-order valence-electron chi connectivity index (χ3n) is 3.43. The number of anilines is 1. The molecule has 0 atom stereocenters. The Labute approximate surface area is 135 Å². The number of rotatable bonds is 2. The summed E-state index contributed by atoms with van der Waals surface area (Å²) in [6.07, 6.45) is 1.32. The number of carbonyl (C=O) groups excluding carboxylic acids is 1. The van der Waals surface area contributed by atoms with Gasteiger partial charge in [0, 0.05) is 21.8 Å². The van der Waals surface area contributed by atoms with Crippen molar-refractivity contribution in [3.8, 4) is 23.3 Å². The van der Waals surface area contributed by atoms with Gasteiger partial charge in [0.15, 0.2) is 5.78 Å². The Balaban J connectivity index is 2.07. The Morgan fingerprint density at radius 2 is 1.73 bits per heavy atom. The zero-order chi connectivity index (χ0) is 15.7. The Morgan fingerprint density at radius 3 is 2.41 bits per heavy atom. The SMILES string of the molecule is N#CC(C#N)=CNc1cc2c(cc1Br)-c1ccccc1C2=O. The lowest BCUT2D eigenvalue weighted by molar-refractivity contribution is 0.104. The lowest BCUT2D eigenvalue weighted by Crippen LogP contribution is -1.97. The maximum atomic E-state index is 12.4. The van der Waals surface area contributed by atoms with Gasteiger partial charge in [-0.15, -0.1) is 0 Å². The zero-order valence-corrected chi connectivity index (χ0v) is 12.8. The molecule has 0 aliphatic heterocycles. The first kappa shape index (κ1) is 14.1. The van der Waals surface area contributed by atoms with Crippen LogP contribution in [-0.2, 0) is 0 Å². The third-order valence-corrected chi connectivity index (χ3v) is 4.08. The van der Waals surface area contributed by atoms with Crippen molar-refractivity contribution in [2.24, 2.45) is 0 Å². The van der Waals surface area contributed by atoms with E-state index in [-0.39, 0.29) is 11.4 Å². The van der Waals surface area contributed by atoms with Gasteiger partial charge in [-0.3, -0.25) is 4.79 Å². The summed E-state index contributed by atoms with van der Waals surface area (Å²) in [4.78, 5) is 12.4. The van der Waals surface area contributed by atoms with E-state index < -0.39 is 0 Å². The van der Waals surface area contributed by atoms with E-state index in [4.69, 9.17) is 10.5 Å². The summed E-state index contributed by atoms with van der Waals surface area (Å²) in [5, 5.41) is 20.4. The molecule has 0 saturated carbocycles. The van der Waals surface area contributed by atoms with Crippen LogP contribution in [0.2, 0.25) is 0 Å². The molecule has 0 radical (unpaired) electrons. The highest BCUT2D eigenvalue weighted by molar-refractivity contribution is 9.10. The molecule has 0 bridgehead atoms. The first-order valence-corrected chi connectivity index (χ1v) is 7.19. The van der Waals surface area contributed by atoms with Gasteiger partial charge in [0.05, 0.1) is 5.69 Å². The van der Waals surface area contributed by atoms with Crippen LogP contribution < -0.4 is 5.32 Å². The average molecular weight is 350 g/mol. The molecule has 0 heterocycles. The van der Waals surface area contributed by atoms with Crippen LogP contribution in [0.1, 0.15) is 15.9 Å². The van der Waals surface area contributed by atoms with Crippen molar-refractivity contribution < 1.29 is 4.79 Å². The van der Waals surface area contributed by atoms with Gasteiger partial charge >= 0.3 is 0 Å². The number of allylic oxidation sites excluding steroid dienone is 1. The number of benzene rings is 2. The standard InChI is InChI=1S/C17H8BrN3O/c18-15-5-13-11-3-1-2-4-12(11)17(22)14(13)6-16(15)21-9-10(7-19)8-20/h1-6,9,21H. The number of hydrogen-bond acceptors (Lipinski definition) is 4. The second-order valence-electron chi connectivity index (χ2n) is 4.68. The van der Waals surface area contributed by atoms with E-state index in [1.54, 1.807) is 18.2 Å². The van der Waals surface area contributed by atoms with E-state index in [2.05, 4.69) is 21.2 Å². The highest BCUT2D eigenvalue weighted by atomic mass is 79.9. The molecule has 2 aromatic carbocycles. The molecule has 1 aliphatic carbocycles. The van der Waals surface area contributed by atoms with Gasteiger partial charge in [0.1, 0.15) is 17.7 Å². The molecule has 0 saturated heterocycles. The fraction of sp³-hybridized carbons (Fsp3) is 0. The normalized spacial score (nSPS) is 11.0. The van der Waals surface area contributed by atoms with Crippen molar-refractivity contribution in [2.45, 2.75) is 0 Å². The van der Waals surface area contributed by atoms with Gasteiger partial charge in [-0.1, -0.05) is 24.3 Å². The Morgan fingerprint density at radius 1 is 1.05 bits per heavy atom. The third kappa shape index (κ3) is 2.18. The molecule has 3 rings (SSSR count). The lowest BCUT2D eigenvalue weighted by Gasteiger charge is -2.07. The maximum absolute atomic E-state index is 12.4. The minimum atomic E-state index is -0.0398. The molecule has 0 unspecified atom stereocenters. The molecule has 0 amide bonds. The van der Waals surface area contributed by atoms with Crippen molar-refractivity contribution in [3.05, 3.63) is 63.8 Å². The van der Waals surface area contributed by atoms with Crippen molar-refractivity contribution in [2.75, 3.05) is 5.32 Å². The summed E-state index contributed by atoms with van der Waals surface area (Å²) in [5.41, 5.74) is 3.68.